The van der Waals surface area contributed by atoms with Gasteiger partial charge in [-0.2, -0.15) is 0 Å². The van der Waals surface area contributed by atoms with Crippen LogP contribution in [0.3, 0.4) is 0 Å². The van der Waals surface area contributed by atoms with Gasteiger partial charge in [0.25, 0.3) is 0 Å². The Balaban J connectivity index is 1.62. The highest BCUT2D eigenvalue weighted by atomic mass is 16.7. The fourth-order valence-electron chi connectivity index (χ4n) is 8.57. The van der Waals surface area contributed by atoms with Gasteiger partial charge in [0.05, 0.1) is 35.5 Å². The molecule has 0 radical (unpaired) electrons. The van der Waals surface area contributed by atoms with Crippen LogP contribution in [0.25, 0.3) is 0 Å². The standard InChI is InChI=1S/C41H73BN4O9/c1-14-15-16-17-29(30(47)21-25(3)42-54-33-23-27-22-32(40(27,11)12)41(33,13)55-42)45-35(49)24(2)20-31(48)34(26(4)52-38(5,6)7)46-36(50)28(43)18-19-44-37(51)53-39(8,9)10/h24-29,32-34H,14-23,43H2,1-13H3,(H,44,51)(H,45,49)(H,46,50)/t24-,25-,26-,27+,28+,29+,32+,33-,34+,41+/m1/s1. The monoisotopic (exact) mass is 777 g/mol. The van der Waals surface area contributed by atoms with Crippen LogP contribution in [0, 0.1) is 23.2 Å². The Kier molecular flexibility index (Phi) is 16.0. The molecule has 10 atom stereocenters. The Hall–Kier alpha value is -2.55. The smallest absolute Gasteiger partial charge is 0.444 e. The van der Waals surface area contributed by atoms with Crippen molar-refractivity contribution in [3.63, 3.8) is 0 Å². The molecule has 3 amide bonds. The van der Waals surface area contributed by atoms with E-state index in [4.69, 9.17) is 24.5 Å². The first-order valence-corrected chi connectivity index (χ1v) is 20.7. The van der Waals surface area contributed by atoms with Gasteiger partial charge in [-0.15, -0.1) is 0 Å². The average Bonchev–Trinajstić information content (AvgIpc) is 3.42. The zero-order valence-electron chi connectivity index (χ0n) is 36.1. The third kappa shape index (κ3) is 12.7. The van der Waals surface area contributed by atoms with E-state index in [1.807, 2.05) is 27.7 Å². The number of ether oxygens (including phenoxy) is 2. The molecule has 55 heavy (non-hydrogen) atoms. The van der Waals surface area contributed by atoms with Gasteiger partial charge in [-0.1, -0.05) is 53.9 Å². The lowest BCUT2D eigenvalue weighted by Crippen LogP contribution is -2.65. The molecule has 14 heteroatoms. The summed E-state index contributed by atoms with van der Waals surface area (Å²) in [5.41, 5.74) is 4.70. The van der Waals surface area contributed by atoms with Crippen LogP contribution in [-0.4, -0.2) is 90.3 Å². The molecule has 3 aliphatic carbocycles. The van der Waals surface area contributed by atoms with Crippen LogP contribution in [0.4, 0.5) is 4.79 Å². The lowest BCUT2D eigenvalue weighted by Gasteiger charge is -2.64. The molecule has 1 saturated heterocycles. The molecule has 314 valence electrons. The van der Waals surface area contributed by atoms with Crippen molar-refractivity contribution in [2.75, 3.05) is 6.54 Å². The number of unbranched alkanes of at least 4 members (excludes halogenated alkanes) is 2. The van der Waals surface area contributed by atoms with Crippen LogP contribution >= 0.6 is 0 Å². The lowest BCUT2D eigenvalue weighted by atomic mass is 9.43. The number of hydrogen-bond acceptors (Lipinski definition) is 10. The molecule has 2 bridgehead atoms. The first-order chi connectivity index (χ1) is 25.3. The van der Waals surface area contributed by atoms with E-state index in [0.717, 1.165) is 32.1 Å². The summed E-state index contributed by atoms with van der Waals surface area (Å²) in [6.07, 6.45) is 4.01. The van der Waals surface area contributed by atoms with Crippen molar-refractivity contribution in [1.82, 2.24) is 16.0 Å². The molecule has 0 aromatic rings. The molecule has 13 nitrogen and oxygen atoms in total. The minimum Gasteiger partial charge on any atom is -0.444 e. The van der Waals surface area contributed by atoms with Crippen molar-refractivity contribution in [3.8, 4) is 0 Å². The second-order valence-electron chi connectivity index (χ2n) is 19.4. The maximum atomic E-state index is 13.8. The predicted octanol–water partition coefficient (Wildman–Crippen LogP) is 5.65. The Morgan fingerprint density at radius 3 is 2.11 bits per heavy atom. The van der Waals surface area contributed by atoms with Gasteiger partial charge in [0.2, 0.25) is 11.8 Å². The molecule has 1 aliphatic heterocycles. The fourth-order valence-corrected chi connectivity index (χ4v) is 8.57. The molecule has 4 rings (SSSR count). The third-order valence-corrected chi connectivity index (χ3v) is 11.8. The number of amides is 3. The molecule has 3 saturated carbocycles. The van der Waals surface area contributed by atoms with Gasteiger partial charge < -0.3 is 40.5 Å². The van der Waals surface area contributed by atoms with Gasteiger partial charge in [-0.05, 0) is 104 Å². The van der Waals surface area contributed by atoms with Crippen LogP contribution < -0.4 is 21.7 Å². The van der Waals surface area contributed by atoms with Gasteiger partial charge >= 0.3 is 13.2 Å². The number of carbonyl (C=O) groups excluding carboxylic acids is 5. The number of Topliss-reactive ketones (excluding diaryl/α,β-unsaturated/α-hetero) is 2. The summed E-state index contributed by atoms with van der Waals surface area (Å²) in [6.45, 7) is 25.0. The van der Waals surface area contributed by atoms with E-state index >= 15 is 0 Å². The molecule has 0 spiro atoms. The van der Waals surface area contributed by atoms with Crippen LogP contribution in [0.2, 0.25) is 5.82 Å². The van der Waals surface area contributed by atoms with Gasteiger partial charge in [0.15, 0.2) is 11.6 Å². The van der Waals surface area contributed by atoms with Crippen LogP contribution in [0.5, 0.6) is 0 Å². The maximum Gasteiger partial charge on any atom is 0.461 e. The number of nitrogens with two attached hydrogens (primary N) is 1. The van der Waals surface area contributed by atoms with Crippen molar-refractivity contribution < 1.29 is 42.8 Å². The van der Waals surface area contributed by atoms with E-state index in [2.05, 4.69) is 43.6 Å². The molecule has 1 heterocycles. The summed E-state index contributed by atoms with van der Waals surface area (Å²) < 4.78 is 24.4. The molecule has 4 fully saturated rings. The fraction of sp³-hybridized carbons (Fsp3) is 0.878. The van der Waals surface area contributed by atoms with E-state index in [1.165, 1.54) is 0 Å². The molecule has 0 aromatic heterocycles. The summed E-state index contributed by atoms with van der Waals surface area (Å²) in [6, 6.07) is -2.84. The second kappa shape index (κ2) is 18.8. The largest absolute Gasteiger partial charge is 0.461 e. The van der Waals surface area contributed by atoms with Gasteiger partial charge in [-0.3, -0.25) is 19.2 Å². The average molecular weight is 777 g/mol. The number of nitrogens with one attached hydrogen (secondary N) is 3. The highest BCUT2D eigenvalue weighted by molar-refractivity contribution is 6.47. The Labute approximate surface area is 330 Å². The van der Waals surface area contributed by atoms with Gasteiger partial charge in [0, 0.05) is 25.3 Å². The van der Waals surface area contributed by atoms with Crippen LogP contribution in [0.15, 0.2) is 0 Å². The molecular weight excluding hydrogens is 703 g/mol. The van der Waals surface area contributed by atoms with Crippen LogP contribution in [0.1, 0.15) is 148 Å². The summed E-state index contributed by atoms with van der Waals surface area (Å²) in [4.78, 5) is 66.5. The highest BCUT2D eigenvalue weighted by Gasteiger charge is 2.68. The summed E-state index contributed by atoms with van der Waals surface area (Å²) in [5.74, 6) is -1.44. The minimum atomic E-state index is -1.09. The molecule has 0 aromatic carbocycles. The van der Waals surface area contributed by atoms with Gasteiger partial charge in [-0.25, -0.2) is 4.79 Å². The highest BCUT2D eigenvalue weighted by Crippen LogP contribution is 2.66. The zero-order valence-corrected chi connectivity index (χ0v) is 36.1. The zero-order chi connectivity index (χ0) is 41.7. The van der Waals surface area contributed by atoms with Crippen LogP contribution in [-0.2, 0) is 38.0 Å². The summed E-state index contributed by atoms with van der Waals surface area (Å²) in [7, 11) is -0.489. The van der Waals surface area contributed by atoms with E-state index in [-0.39, 0.29) is 54.5 Å². The summed E-state index contributed by atoms with van der Waals surface area (Å²) in [5, 5.41) is 8.29. The van der Waals surface area contributed by atoms with Crippen molar-refractivity contribution in [2.45, 2.75) is 201 Å². The third-order valence-electron chi connectivity index (χ3n) is 11.8. The van der Waals surface area contributed by atoms with E-state index in [1.54, 1.807) is 34.6 Å². The Bertz CT molecular complexity index is 1360. The van der Waals surface area contributed by atoms with E-state index < -0.39 is 72.2 Å². The quantitative estimate of drug-likeness (QED) is 0.0890. The number of alkyl carbamates (subject to hydrolysis) is 1. The van der Waals surface area contributed by atoms with E-state index in [0.29, 0.717) is 18.3 Å². The minimum absolute atomic E-state index is 0.0206. The topological polar surface area (TPSA) is 184 Å². The molecule has 4 aliphatic rings. The lowest BCUT2D eigenvalue weighted by molar-refractivity contribution is -0.199. The molecule has 0 unspecified atom stereocenters. The number of carbonyl (C=O) groups is 5. The van der Waals surface area contributed by atoms with Crippen molar-refractivity contribution >= 4 is 36.6 Å². The number of rotatable bonds is 20. The second-order valence-corrected chi connectivity index (χ2v) is 19.4. The Morgan fingerprint density at radius 2 is 1.53 bits per heavy atom. The Morgan fingerprint density at radius 1 is 0.873 bits per heavy atom. The van der Waals surface area contributed by atoms with Gasteiger partial charge in [0.1, 0.15) is 11.6 Å². The van der Waals surface area contributed by atoms with Crippen molar-refractivity contribution in [2.24, 2.45) is 28.9 Å². The number of ketones is 2. The van der Waals surface area contributed by atoms with Crippen molar-refractivity contribution in [1.29, 1.82) is 0 Å². The first kappa shape index (κ1) is 46.8. The summed E-state index contributed by atoms with van der Waals surface area (Å²) >= 11 is 0. The molecular formula is C41H73BN4O9. The molecule has 5 N–H and O–H groups in total. The predicted molar refractivity (Wildman–Crippen MR) is 213 cm³/mol. The number of hydrogen-bond donors (Lipinski definition) is 4. The first-order valence-electron chi connectivity index (χ1n) is 20.7. The van der Waals surface area contributed by atoms with Crippen molar-refractivity contribution in [3.05, 3.63) is 0 Å². The SMILES string of the molecule is CCCCC[C@H](NC(=O)[C@H](C)CC(=O)[C@@H](NC(=O)[C@@H](N)CCNC(=O)OC(C)(C)C)[C@@H](C)OC(C)(C)C)C(=O)C[C@@H](C)B1O[C@@H]2C[C@@H]3C[C@@H](C3(C)C)[C@]2(C)O1. The van der Waals surface area contributed by atoms with E-state index in [9.17, 15) is 24.0 Å². The maximum absolute atomic E-state index is 13.8. The normalized spacial score (nSPS) is 26.3.